The summed E-state index contributed by atoms with van der Waals surface area (Å²) in [6, 6.07) is 1.76. The number of rotatable bonds is 2. The van der Waals surface area contributed by atoms with E-state index >= 15 is 0 Å². The van der Waals surface area contributed by atoms with Crippen molar-refractivity contribution in [2.75, 3.05) is 5.73 Å². The Morgan fingerprint density at radius 2 is 2.40 bits per heavy atom. The maximum absolute atomic E-state index is 11.6. The fraction of sp³-hybridized carbons (Fsp3) is 0.111. The molecule has 0 aliphatic carbocycles. The minimum Gasteiger partial charge on any atom is -0.472 e. The SMILES string of the molecule is Nc1c(Cl)ncn(Cc2ccoc2)c1=O. The van der Waals surface area contributed by atoms with Crippen molar-refractivity contribution in [3.63, 3.8) is 0 Å². The van der Waals surface area contributed by atoms with Crippen LogP contribution < -0.4 is 11.3 Å². The molecule has 0 radical (unpaired) electrons. The van der Waals surface area contributed by atoms with Gasteiger partial charge in [-0.25, -0.2) is 4.98 Å². The van der Waals surface area contributed by atoms with Gasteiger partial charge in [0.1, 0.15) is 5.69 Å². The second kappa shape index (κ2) is 3.78. The Hall–Kier alpha value is -1.75. The van der Waals surface area contributed by atoms with Crippen molar-refractivity contribution in [3.05, 3.63) is 46.0 Å². The van der Waals surface area contributed by atoms with E-state index < -0.39 is 0 Å². The number of halogens is 1. The van der Waals surface area contributed by atoms with Gasteiger partial charge < -0.3 is 10.2 Å². The number of nitrogens with two attached hydrogens (primary N) is 1. The largest absolute Gasteiger partial charge is 0.472 e. The quantitative estimate of drug-likeness (QED) is 0.778. The zero-order chi connectivity index (χ0) is 10.8. The monoisotopic (exact) mass is 225 g/mol. The van der Waals surface area contributed by atoms with E-state index in [-0.39, 0.29) is 16.4 Å². The maximum Gasteiger partial charge on any atom is 0.278 e. The Labute approximate surface area is 90.1 Å². The highest BCUT2D eigenvalue weighted by Crippen LogP contribution is 2.09. The second-order valence-electron chi connectivity index (χ2n) is 3.01. The fourth-order valence-electron chi connectivity index (χ4n) is 1.18. The highest BCUT2D eigenvalue weighted by molar-refractivity contribution is 6.31. The van der Waals surface area contributed by atoms with Gasteiger partial charge in [0.05, 0.1) is 25.4 Å². The first-order chi connectivity index (χ1) is 7.18. The minimum absolute atomic E-state index is 0.0310. The molecule has 0 amide bonds. The van der Waals surface area contributed by atoms with E-state index in [1.54, 1.807) is 12.3 Å². The van der Waals surface area contributed by atoms with Crippen molar-refractivity contribution >= 4 is 17.3 Å². The number of hydrogen-bond donors (Lipinski definition) is 1. The van der Waals surface area contributed by atoms with Gasteiger partial charge in [-0.15, -0.1) is 0 Å². The summed E-state index contributed by atoms with van der Waals surface area (Å²) in [5, 5.41) is 0.0310. The van der Waals surface area contributed by atoms with E-state index in [9.17, 15) is 4.79 Å². The molecule has 0 spiro atoms. The predicted octanol–water partition coefficient (Wildman–Crippen LogP) is 1.12. The number of nitrogen functional groups attached to an aromatic ring is 1. The van der Waals surface area contributed by atoms with Crippen molar-refractivity contribution in [1.82, 2.24) is 9.55 Å². The van der Waals surface area contributed by atoms with Crippen LogP contribution in [0, 0.1) is 0 Å². The summed E-state index contributed by atoms with van der Waals surface area (Å²) < 4.78 is 6.25. The third-order valence-electron chi connectivity index (χ3n) is 1.96. The lowest BCUT2D eigenvalue weighted by atomic mass is 10.3. The Balaban J connectivity index is 2.38. The molecular formula is C9H8ClN3O2. The molecule has 2 N–H and O–H groups in total. The van der Waals surface area contributed by atoms with E-state index in [4.69, 9.17) is 21.8 Å². The molecule has 78 valence electrons. The Morgan fingerprint density at radius 1 is 1.60 bits per heavy atom. The zero-order valence-corrected chi connectivity index (χ0v) is 8.44. The van der Waals surface area contributed by atoms with Gasteiger partial charge in [-0.3, -0.25) is 9.36 Å². The van der Waals surface area contributed by atoms with Crippen LogP contribution in [0.3, 0.4) is 0 Å². The number of anilines is 1. The summed E-state index contributed by atoms with van der Waals surface area (Å²) in [6.45, 7) is 0.365. The third-order valence-corrected chi connectivity index (χ3v) is 2.26. The Morgan fingerprint density at radius 3 is 3.07 bits per heavy atom. The fourth-order valence-corrected chi connectivity index (χ4v) is 1.30. The summed E-state index contributed by atoms with van der Waals surface area (Å²) in [7, 11) is 0. The van der Waals surface area contributed by atoms with Gasteiger partial charge in [0, 0.05) is 5.56 Å². The van der Waals surface area contributed by atoms with Crippen LogP contribution in [0.25, 0.3) is 0 Å². The van der Waals surface area contributed by atoms with Gasteiger partial charge in [0.15, 0.2) is 5.15 Å². The normalized spacial score (nSPS) is 10.5. The molecule has 0 aliphatic heterocycles. The van der Waals surface area contributed by atoms with Gasteiger partial charge in [-0.2, -0.15) is 0 Å². The van der Waals surface area contributed by atoms with Crippen LogP contribution in [0.4, 0.5) is 5.69 Å². The highest BCUT2D eigenvalue weighted by atomic mass is 35.5. The smallest absolute Gasteiger partial charge is 0.278 e. The van der Waals surface area contributed by atoms with Gasteiger partial charge >= 0.3 is 0 Å². The first-order valence-electron chi connectivity index (χ1n) is 4.20. The lowest BCUT2D eigenvalue weighted by molar-refractivity contribution is 0.561. The molecule has 0 aromatic carbocycles. The molecule has 0 unspecified atom stereocenters. The van der Waals surface area contributed by atoms with Gasteiger partial charge in [0.2, 0.25) is 0 Å². The lowest BCUT2D eigenvalue weighted by Gasteiger charge is -2.04. The third kappa shape index (κ3) is 1.87. The van der Waals surface area contributed by atoms with Crippen LogP contribution in [0.1, 0.15) is 5.56 Å². The first kappa shape index (κ1) is 9.79. The number of nitrogens with zero attached hydrogens (tertiary/aromatic N) is 2. The summed E-state index contributed by atoms with van der Waals surface area (Å²) in [5.41, 5.74) is 5.93. The second-order valence-corrected chi connectivity index (χ2v) is 3.37. The summed E-state index contributed by atoms with van der Waals surface area (Å²) in [4.78, 5) is 15.4. The van der Waals surface area contributed by atoms with Crippen molar-refractivity contribution in [2.45, 2.75) is 6.54 Å². The molecule has 0 aliphatic rings. The summed E-state index contributed by atoms with van der Waals surface area (Å²) in [6.07, 6.45) is 4.44. The van der Waals surface area contributed by atoms with Crippen molar-refractivity contribution < 1.29 is 4.42 Å². The maximum atomic E-state index is 11.6. The molecule has 2 rings (SSSR count). The average molecular weight is 226 g/mol. The molecule has 15 heavy (non-hydrogen) atoms. The first-order valence-corrected chi connectivity index (χ1v) is 4.58. The average Bonchev–Trinajstić information content (AvgIpc) is 2.72. The molecular weight excluding hydrogens is 218 g/mol. The van der Waals surface area contributed by atoms with Crippen LogP contribution in [0.2, 0.25) is 5.15 Å². The predicted molar refractivity (Wildman–Crippen MR) is 55.7 cm³/mol. The van der Waals surface area contributed by atoms with Crippen LogP contribution in [-0.4, -0.2) is 9.55 Å². The number of hydrogen-bond acceptors (Lipinski definition) is 4. The standard InChI is InChI=1S/C9H8ClN3O2/c10-8-7(11)9(14)13(5-12-8)3-6-1-2-15-4-6/h1-2,4-5H,3,11H2. The zero-order valence-electron chi connectivity index (χ0n) is 7.68. The van der Waals surface area contributed by atoms with Crippen molar-refractivity contribution in [2.24, 2.45) is 0 Å². The van der Waals surface area contributed by atoms with E-state index in [0.29, 0.717) is 6.54 Å². The van der Waals surface area contributed by atoms with Gasteiger partial charge in [-0.1, -0.05) is 11.6 Å². The summed E-state index contributed by atoms with van der Waals surface area (Å²) in [5.74, 6) is 0. The van der Waals surface area contributed by atoms with Crippen molar-refractivity contribution in [1.29, 1.82) is 0 Å². The topological polar surface area (TPSA) is 74.0 Å². The Kier molecular flexibility index (Phi) is 2.47. The van der Waals surface area contributed by atoms with Crippen LogP contribution in [0.15, 0.2) is 34.1 Å². The van der Waals surface area contributed by atoms with E-state index in [1.807, 2.05) is 0 Å². The molecule has 6 heteroatoms. The molecule has 0 atom stereocenters. The van der Waals surface area contributed by atoms with Crippen LogP contribution in [0.5, 0.6) is 0 Å². The molecule has 2 aromatic heterocycles. The lowest BCUT2D eigenvalue weighted by Crippen LogP contribution is -2.23. The van der Waals surface area contributed by atoms with Gasteiger partial charge in [-0.05, 0) is 6.07 Å². The molecule has 0 fully saturated rings. The van der Waals surface area contributed by atoms with Crippen LogP contribution in [-0.2, 0) is 6.54 Å². The molecule has 2 aromatic rings. The van der Waals surface area contributed by atoms with Crippen molar-refractivity contribution in [3.8, 4) is 0 Å². The van der Waals surface area contributed by atoms with E-state index in [0.717, 1.165) is 5.56 Å². The minimum atomic E-state index is -0.351. The van der Waals surface area contributed by atoms with E-state index in [1.165, 1.54) is 17.2 Å². The molecule has 0 saturated heterocycles. The Bertz CT molecular complexity index is 519. The molecule has 2 heterocycles. The van der Waals surface area contributed by atoms with Gasteiger partial charge in [0.25, 0.3) is 5.56 Å². The molecule has 0 saturated carbocycles. The van der Waals surface area contributed by atoms with E-state index in [2.05, 4.69) is 4.98 Å². The molecule has 0 bridgehead atoms. The number of furan rings is 1. The highest BCUT2D eigenvalue weighted by Gasteiger charge is 2.06. The number of aromatic nitrogens is 2. The van der Waals surface area contributed by atoms with Crippen LogP contribution >= 0.6 is 11.6 Å². The summed E-state index contributed by atoms with van der Waals surface area (Å²) >= 11 is 5.60. The molecule has 5 nitrogen and oxygen atoms in total.